The van der Waals surface area contributed by atoms with E-state index in [1.807, 2.05) is 43.3 Å². The molecular weight excluding hydrogens is 488 g/mol. The van der Waals surface area contributed by atoms with E-state index in [4.69, 9.17) is 14.2 Å². The lowest BCUT2D eigenvalue weighted by atomic mass is 9.77. The molecule has 0 heterocycles. The molecule has 1 N–H and O–H groups in total. The van der Waals surface area contributed by atoms with Gasteiger partial charge in [-0.05, 0) is 85.8 Å². The molecule has 212 valence electrons. The molecule has 1 unspecified atom stereocenters. The molecule has 1 aliphatic carbocycles. The average molecular weight is 535 g/mol. The predicted molar refractivity (Wildman–Crippen MR) is 157 cm³/mol. The molecule has 39 heavy (non-hydrogen) atoms. The van der Waals surface area contributed by atoms with Gasteiger partial charge in [-0.3, -0.25) is 4.79 Å². The summed E-state index contributed by atoms with van der Waals surface area (Å²) < 4.78 is 17.0. The van der Waals surface area contributed by atoms with Gasteiger partial charge in [0.15, 0.2) is 5.78 Å². The van der Waals surface area contributed by atoms with Crippen molar-refractivity contribution in [2.45, 2.75) is 77.6 Å². The Morgan fingerprint density at radius 2 is 1.59 bits per heavy atom. The van der Waals surface area contributed by atoms with Gasteiger partial charge in [0.25, 0.3) is 0 Å². The second-order valence-corrected chi connectivity index (χ2v) is 10.7. The highest BCUT2D eigenvalue weighted by molar-refractivity contribution is 5.94. The van der Waals surface area contributed by atoms with Gasteiger partial charge in [-0.1, -0.05) is 57.5 Å². The Morgan fingerprint density at radius 3 is 2.15 bits per heavy atom. The predicted octanol–water partition coefficient (Wildman–Crippen LogP) is 7.78. The third-order valence-electron chi connectivity index (χ3n) is 7.73. The lowest BCUT2D eigenvalue weighted by molar-refractivity contribution is -0.115. The Labute approximate surface area is 234 Å². The largest absolute Gasteiger partial charge is 0.462 e. The molecule has 1 atom stereocenters. The standard InChI is InChI=1S/C34H46O5/c1-4-6-27-9-13-30(14-10-27)31-15-19-33(20-16-31)39-22-21-38-32-17-11-28(12-18-32)7-8-29(23-35)25-37-24-26(3)34(36)5-2/h11-12,15-22,27,29-30,35H,3-10,13-14,23-25H2,1-2H3/b22-21-. The number of carbonyl (C=O) groups excluding carboxylic acids is 1. The number of rotatable bonds is 17. The maximum Gasteiger partial charge on any atom is 0.160 e. The lowest BCUT2D eigenvalue weighted by Crippen LogP contribution is -2.17. The first kappa shape index (κ1) is 30.6. The maximum absolute atomic E-state index is 11.6. The summed E-state index contributed by atoms with van der Waals surface area (Å²) in [5, 5.41) is 9.66. The summed E-state index contributed by atoms with van der Waals surface area (Å²) in [4.78, 5) is 11.6. The molecule has 2 aromatic rings. The van der Waals surface area contributed by atoms with Gasteiger partial charge in [-0.15, -0.1) is 0 Å². The van der Waals surface area contributed by atoms with Crippen molar-refractivity contribution < 1.29 is 24.1 Å². The van der Waals surface area contributed by atoms with Gasteiger partial charge in [-0.25, -0.2) is 0 Å². The minimum atomic E-state index is 0.0143. The highest BCUT2D eigenvalue weighted by Crippen LogP contribution is 2.37. The van der Waals surface area contributed by atoms with Crippen LogP contribution in [0.2, 0.25) is 0 Å². The molecule has 0 aliphatic heterocycles. The van der Waals surface area contributed by atoms with Gasteiger partial charge in [0.05, 0.1) is 13.2 Å². The number of ketones is 1. The number of benzene rings is 2. The normalized spacial score (nSPS) is 18.1. The van der Waals surface area contributed by atoms with E-state index in [1.165, 1.54) is 44.1 Å². The van der Waals surface area contributed by atoms with E-state index in [-0.39, 0.29) is 24.9 Å². The maximum atomic E-state index is 11.6. The van der Waals surface area contributed by atoms with Crippen molar-refractivity contribution >= 4 is 5.78 Å². The zero-order valence-electron chi connectivity index (χ0n) is 23.8. The number of hydrogen-bond donors (Lipinski definition) is 1. The molecule has 0 amide bonds. The monoisotopic (exact) mass is 534 g/mol. The summed E-state index contributed by atoms with van der Waals surface area (Å²) in [6, 6.07) is 16.4. The summed E-state index contributed by atoms with van der Waals surface area (Å²) in [6.07, 6.45) is 13.1. The van der Waals surface area contributed by atoms with Gasteiger partial charge in [0.1, 0.15) is 24.0 Å². The molecular formula is C34H46O5. The van der Waals surface area contributed by atoms with E-state index in [1.54, 1.807) is 12.5 Å². The molecule has 5 nitrogen and oxygen atoms in total. The van der Waals surface area contributed by atoms with E-state index in [2.05, 4.69) is 25.6 Å². The first-order valence-electron chi connectivity index (χ1n) is 14.6. The van der Waals surface area contributed by atoms with Crippen LogP contribution in [0.3, 0.4) is 0 Å². The zero-order chi connectivity index (χ0) is 27.9. The second-order valence-electron chi connectivity index (χ2n) is 10.7. The fraction of sp³-hybridized carbons (Fsp3) is 0.500. The van der Waals surface area contributed by atoms with Crippen LogP contribution >= 0.6 is 0 Å². The fourth-order valence-electron chi connectivity index (χ4n) is 5.24. The van der Waals surface area contributed by atoms with Crippen molar-refractivity contribution in [1.82, 2.24) is 0 Å². The van der Waals surface area contributed by atoms with E-state index in [0.29, 0.717) is 24.5 Å². The van der Waals surface area contributed by atoms with Crippen LogP contribution in [0, 0.1) is 11.8 Å². The Kier molecular flexibility index (Phi) is 13.3. The topological polar surface area (TPSA) is 65.0 Å². The van der Waals surface area contributed by atoms with Crippen LogP contribution in [0.15, 0.2) is 73.2 Å². The molecule has 0 bridgehead atoms. The van der Waals surface area contributed by atoms with Crippen LogP contribution < -0.4 is 9.47 Å². The van der Waals surface area contributed by atoms with Crippen LogP contribution in [0.1, 0.15) is 82.3 Å². The Balaban J connectivity index is 1.35. The highest BCUT2D eigenvalue weighted by atomic mass is 16.5. The van der Waals surface area contributed by atoms with Crippen molar-refractivity contribution in [3.8, 4) is 11.5 Å². The number of ether oxygens (including phenoxy) is 3. The molecule has 5 heteroatoms. The number of aliphatic hydroxyl groups excluding tert-OH is 1. The van der Waals surface area contributed by atoms with Crippen LogP contribution in [0.4, 0.5) is 0 Å². The molecule has 1 fully saturated rings. The molecule has 0 aromatic heterocycles. The van der Waals surface area contributed by atoms with Crippen molar-refractivity contribution in [3.05, 3.63) is 84.3 Å². The van der Waals surface area contributed by atoms with Crippen LogP contribution in [0.5, 0.6) is 11.5 Å². The van der Waals surface area contributed by atoms with Gasteiger partial charge < -0.3 is 19.3 Å². The molecule has 0 radical (unpaired) electrons. The Hall–Kier alpha value is -2.89. The SMILES string of the molecule is C=C(COCC(CO)CCc1ccc(O/C=C\Oc2ccc(C3CCC(CCC)CC3)cc2)cc1)C(=O)CC. The number of hydrogen-bond acceptors (Lipinski definition) is 5. The Bertz CT molecular complexity index is 1020. The van der Waals surface area contributed by atoms with Gasteiger partial charge >= 0.3 is 0 Å². The van der Waals surface area contributed by atoms with Crippen molar-refractivity contribution in [3.63, 3.8) is 0 Å². The van der Waals surface area contributed by atoms with E-state index in [0.717, 1.165) is 35.8 Å². The molecule has 0 spiro atoms. The van der Waals surface area contributed by atoms with Gasteiger partial charge in [-0.2, -0.15) is 0 Å². The number of carbonyl (C=O) groups is 1. The van der Waals surface area contributed by atoms with Crippen molar-refractivity contribution in [2.24, 2.45) is 11.8 Å². The molecule has 2 aromatic carbocycles. The first-order valence-corrected chi connectivity index (χ1v) is 14.6. The van der Waals surface area contributed by atoms with Crippen molar-refractivity contribution in [2.75, 3.05) is 19.8 Å². The van der Waals surface area contributed by atoms with Crippen LogP contribution in [-0.4, -0.2) is 30.7 Å². The molecule has 3 rings (SSSR count). The fourth-order valence-corrected chi connectivity index (χ4v) is 5.24. The second kappa shape index (κ2) is 16.9. The summed E-state index contributed by atoms with van der Waals surface area (Å²) in [6.45, 7) is 8.52. The third kappa shape index (κ3) is 10.7. The minimum absolute atomic E-state index is 0.0143. The molecule has 0 saturated heterocycles. The first-order chi connectivity index (χ1) is 19.0. The zero-order valence-corrected chi connectivity index (χ0v) is 23.8. The summed E-state index contributed by atoms with van der Waals surface area (Å²) >= 11 is 0. The number of aryl methyl sites for hydroxylation is 1. The van der Waals surface area contributed by atoms with Crippen LogP contribution in [-0.2, 0) is 16.0 Å². The van der Waals surface area contributed by atoms with E-state index in [9.17, 15) is 9.90 Å². The summed E-state index contributed by atoms with van der Waals surface area (Å²) in [7, 11) is 0. The van der Waals surface area contributed by atoms with Crippen molar-refractivity contribution in [1.29, 1.82) is 0 Å². The summed E-state index contributed by atoms with van der Waals surface area (Å²) in [5.41, 5.74) is 3.06. The minimum Gasteiger partial charge on any atom is -0.462 e. The third-order valence-corrected chi connectivity index (χ3v) is 7.73. The average Bonchev–Trinajstić information content (AvgIpc) is 2.98. The lowest BCUT2D eigenvalue weighted by Gasteiger charge is -2.28. The number of Topliss-reactive ketones (excluding diaryl/α,β-unsaturated/α-hetero) is 1. The molecule has 1 saturated carbocycles. The Morgan fingerprint density at radius 1 is 0.974 bits per heavy atom. The van der Waals surface area contributed by atoms with Crippen LogP contribution in [0.25, 0.3) is 0 Å². The molecule has 1 aliphatic rings. The van der Waals surface area contributed by atoms with Gasteiger partial charge in [0, 0.05) is 24.5 Å². The highest BCUT2D eigenvalue weighted by Gasteiger charge is 2.21. The van der Waals surface area contributed by atoms with E-state index < -0.39 is 0 Å². The smallest absolute Gasteiger partial charge is 0.160 e. The quantitative estimate of drug-likeness (QED) is 0.166. The summed E-state index contributed by atoms with van der Waals surface area (Å²) in [5.74, 6) is 3.17. The number of aliphatic hydroxyl groups is 1. The van der Waals surface area contributed by atoms with E-state index >= 15 is 0 Å². The van der Waals surface area contributed by atoms with Gasteiger partial charge in [0.2, 0.25) is 0 Å².